The number of carboxylic acid groups (broad SMARTS) is 1. The monoisotopic (exact) mass is 436 g/mol. The molecule has 9 heteroatoms. The van der Waals surface area contributed by atoms with E-state index in [1.807, 2.05) is 0 Å². The summed E-state index contributed by atoms with van der Waals surface area (Å²) in [6.45, 7) is 5.03. The van der Waals surface area contributed by atoms with Crippen molar-refractivity contribution in [2.45, 2.75) is 64.5 Å². The number of primary amides is 1. The molecule has 0 heterocycles. The Morgan fingerprint density at radius 1 is 1.26 bits per heavy atom. The van der Waals surface area contributed by atoms with Crippen LogP contribution >= 0.6 is 0 Å². The van der Waals surface area contributed by atoms with Crippen LogP contribution in [-0.2, 0) is 14.3 Å². The number of halogens is 1. The molecule has 1 aromatic rings. The summed E-state index contributed by atoms with van der Waals surface area (Å²) in [6.07, 6.45) is 0.210. The number of nitrogens with two attached hydrogens (primary N) is 1. The molecule has 0 spiro atoms. The fourth-order valence-electron chi connectivity index (χ4n) is 2.38. The first-order valence-electron chi connectivity index (χ1n) is 9.87. The standard InChI is InChI=1S/C22H29FN2O6/c1-22(2,3)31-21(29)25-16(12-13-18(24)26)14-30-17-10-7-9-15(20(17)23)8-5-4-6-11-19(27)28/h7,9-10,16H,4,6,11-14H2,1-3H3,(H2,24,26)(H,25,29)(H,27,28)/t16-/m0/s1. The minimum Gasteiger partial charge on any atom is -0.488 e. The van der Waals surface area contributed by atoms with Crippen LogP contribution in [0.1, 0.15) is 58.4 Å². The average Bonchev–Trinajstić information content (AvgIpc) is 2.63. The van der Waals surface area contributed by atoms with Gasteiger partial charge in [0.1, 0.15) is 12.2 Å². The van der Waals surface area contributed by atoms with Crippen LogP contribution in [0, 0.1) is 17.7 Å². The number of rotatable bonds is 10. The number of hydrogen-bond donors (Lipinski definition) is 3. The zero-order chi connectivity index (χ0) is 23.4. The third-order valence-corrected chi connectivity index (χ3v) is 3.78. The number of amides is 2. The fraction of sp³-hybridized carbons (Fsp3) is 0.500. The predicted octanol–water partition coefficient (Wildman–Crippen LogP) is 2.97. The van der Waals surface area contributed by atoms with E-state index < -0.39 is 35.4 Å². The topological polar surface area (TPSA) is 128 Å². The van der Waals surface area contributed by atoms with E-state index in [0.29, 0.717) is 12.8 Å². The second-order valence-electron chi connectivity index (χ2n) is 7.83. The Kier molecular flexibility index (Phi) is 10.3. The maximum atomic E-state index is 14.7. The van der Waals surface area contributed by atoms with Gasteiger partial charge in [-0.3, -0.25) is 9.59 Å². The molecule has 170 valence electrons. The molecular weight excluding hydrogens is 407 g/mol. The number of nitrogens with one attached hydrogen (secondary N) is 1. The van der Waals surface area contributed by atoms with Gasteiger partial charge in [0.25, 0.3) is 0 Å². The van der Waals surface area contributed by atoms with E-state index in [9.17, 15) is 18.8 Å². The third-order valence-electron chi connectivity index (χ3n) is 3.78. The highest BCUT2D eigenvalue weighted by molar-refractivity contribution is 5.74. The van der Waals surface area contributed by atoms with Crippen molar-refractivity contribution in [1.82, 2.24) is 5.32 Å². The second-order valence-corrected chi connectivity index (χ2v) is 7.83. The molecule has 1 rings (SSSR count). The van der Waals surface area contributed by atoms with Gasteiger partial charge in [-0.1, -0.05) is 17.9 Å². The summed E-state index contributed by atoms with van der Waals surface area (Å²) < 4.78 is 25.4. The number of unbranched alkanes of at least 4 members (excludes halogenated alkanes) is 1. The van der Waals surface area contributed by atoms with E-state index in [-0.39, 0.29) is 37.2 Å². The fourth-order valence-corrected chi connectivity index (χ4v) is 2.38. The molecule has 0 aliphatic rings. The summed E-state index contributed by atoms with van der Waals surface area (Å²) in [6, 6.07) is 3.84. The van der Waals surface area contributed by atoms with Gasteiger partial charge >= 0.3 is 12.1 Å². The van der Waals surface area contributed by atoms with Crippen LogP contribution in [0.25, 0.3) is 0 Å². The summed E-state index contributed by atoms with van der Waals surface area (Å²) in [4.78, 5) is 33.6. The van der Waals surface area contributed by atoms with Crippen molar-refractivity contribution in [3.63, 3.8) is 0 Å². The molecule has 4 N–H and O–H groups in total. The van der Waals surface area contributed by atoms with Crippen LogP contribution in [0.15, 0.2) is 18.2 Å². The first kappa shape index (κ1) is 25.8. The summed E-state index contributed by atoms with van der Waals surface area (Å²) in [5, 5.41) is 11.2. The molecule has 2 amide bonds. The smallest absolute Gasteiger partial charge is 0.407 e. The molecule has 0 aliphatic carbocycles. The highest BCUT2D eigenvalue weighted by Crippen LogP contribution is 2.20. The normalized spacial score (nSPS) is 11.6. The Morgan fingerprint density at radius 2 is 1.97 bits per heavy atom. The highest BCUT2D eigenvalue weighted by atomic mass is 19.1. The van der Waals surface area contributed by atoms with Crippen LogP contribution < -0.4 is 15.8 Å². The molecule has 1 atom stereocenters. The predicted molar refractivity (Wildman–Crippen MR) is 112 cm³/mol. The third kappa shape index (κ3) is 11.5. The maximum absolute atomic E-state index is 14.7. The van der Waals surface area contributed by atoms with E-state index in [4.69, 9.17) is 20.3 Å². The Hall–Kier alpha value is -3.28. The Morgan fingerprint density at radius 3 is 2.58 bits per heavy atom. The number of hydrogen-bond acceptors (Lipinski definition) is 5. The van der Waals surface area contributed by atoms with Crippen molar-refractivity contribution in [2.75, 3.05) is 6.61 Å². The molecule has 1 aromatic carbocycles. The van der Waals surface area contributed by atoms with E-state index in [1.54, 1.807) is 26.8 Å². The quantitative estimate of drug-likeness (QED) is 0.382. The van der Waals surface area contributed by atoms with Crippen molar-refractivity contribution in [1.29, 1.82) is 0 Å². The molecule has 31 heavy (non-hydrogen) atoms. The van der Waals surface area contributed by atoms with Crippen LogP contribution in [0.5, 0.6) is 5.75 Å². The number of benzene rings is 1. The Balaban J connectivity index is 2.78. The first-order chi connectivity index (χ1) is 14.5. The number of aliphatic carboxylic acids is 1. The Bertz CT molecular complexity index is 839. The van der Waals surface area contributed by atoms with Crippen molar-refractivity contribution in [3.8, 4) is 17.6 Å². The second kappa shape index (κ2) is 12.4. The molecular formula is C22H29FN2O6. The lowest BCUT2D eigenvalue weighted by Gasteiger charge is -2.23. The van der Waals surface area contributed by atoms with E-state index >= 15 is 0 Å². The van der Waals surface area contributed by atoms with Gasteiger partial charge in [0.05, 0.1) is 11.6 Å². The van der Waals surface area contributed by atoms with Gasteiger partial charge in [0, 0.05) is 19.3 Å². The summed E-state index contributed by atoms with van der Waals surface area (Å²) in [5.74, 6) is 3.22. The highest BCUT2D eigenvalue weighted by Gasteiger charge is 2.21. The number of carbonyl (C=O) groups is 3. The van der Waals surface area contributed by atoms with Crippen molar-refractivity contribution < 1.29 is 33.4 Å². The van der Waals surface area contributed by atoms with Crippen LogP contribution in [-0.4, -0.2) is 41.3 Å². The lowest BCUT2D eigenvalue weighted by molar-refractivity contribution is -0.137. The lowest BCUT2D eigenvalue weighted by Crippen LogP contribution is -2.42. The van der Waals surface area contributed by atoms with Crippen LogP contribution in [0.3, 0.4) is 0 Å². The van der Waals surface area contributed by atoms with Crippen LogP contribution in [0.2, 0.25) is 0 Å². The van der Waals surface area contributed by atoms with Gasteiger partial charge < -0.3 is 25.6 Å². The first-order valence-corrected chi connectivity index (χ1v) is 9.87. The van der Waals surface area contributed by atoms with Gasteiger partial charge in [-0.15, -0.1) is 0 Å². The van der Waals surface area contributed by atoms with Gasteiger partial charge in [-0.2, -0.15) is 0 Å². The summed E-state index contributed by atoms with van der Waals surface area (Å²) in [5.41, 5.74) is 4.58. The average molecular weight is 436 g/mol. The minimum atomic E-state index is -0.908. The summed E-state index contributed by atoms with van der Waals surface area (Å²) >= 11 is 0. The largest absolute Gasteiger partial charge is 0.488 e. The maximum Gasteiger partial charge on any atom is 0.407 e. The van der Waals surface area contributed by atoms with E-state index in [1.165, 1.54) is 12.1 Å². The lowest BCUT2D eigenvalue weighted by atomic mass is 10.1. The Labute approximate surface area is 181 Å². The summed E-state index contributed by atoms with van der Waals surface area (Å²) in [7, 11) is 0. The molecule has 0 fully saturated rings. The minimum absolute atomic E-state index is 0.00233. The molecule has 0 radical (unpaired) electrons. The molecule has 0 aliphatic heterocycles. The number of carbonyl (C=O) groups excluding carboxylic acids is 2. The molecule has 0 saturated carbocycles. The van der Waals surface area contributed by atoms with Gasteiger partial charge in [-0.05, 0) is 45.7 Å². The van der Waals surface area contributed by atoms with Gasteiger partial charge in [0.15, 0.2) is 11.6 Å². The van der Waals surface area contributed by atoms with Crippen molar-refractivity contribution in [3.05, 3.63) is 29.6 Å². The molecule has 0 aromatic heterocycles. The van der Waals surface area contributed by atoms with Crippen LogP contribution in [0.4, 0.5) is 9.18 Å². The van der Waals surface area contributed by atoms with E-state index in [0.717, 1.165) is 0 Å². The zero-order valence-electron chi connectivity index (χ0n) is 18.0. The SMILES string of the molecule is CC(C)(C)OC(=O)N[C@@H](CCC(N)=O)COc1cccc(C#CCCCC(=O)O)c1F. The van der Waals surface area contributed by atoms with Crippen molar-refractivity contribution >= 4 is 18.0 Å². The number of carboxylic acids is 1. The van der Waals surface area contributed by atoms with Gasteiger partial charge in [0.2, 0.25) is 5.91 Å². The number of alkyl carbamates (subject to hydrolysis) is 1. The molecule has 0 bridgehead atoms. The van der Waals surface area contributed by atoms with E-state index in [2.05, 4.69) is 17.2 Å². The zero-order valence-corrected chi connectivity index (χ0v) is 18.0. The molecule has 8 nitrogen and oxygen atoms in total. The van der Waals surface area contributed by atoms with Gasteiger partial charge in [-0.25, -0.2) is 9.18 Å². The molecule has 0 unspecified atom stereocenters. The molecule has 0 saturated heterocycles. The van der Waals surface area contributed by atoms with Crippen molar-refractivity contribution in [2.24, 2.45) is 5.73 Å². The number of ether oxygens (including phenoxy) is 2.